The summed E-state index contributed by atoms with van der Waals surface area (Å²) in [6, 6.07) is 2.03. The van der Waals surface area contributed by atoms with Crippen molar-refractivity contribution in [1.29, 1.82) is 0 Å². The second-order valence-electron chi connectivity index (χ2n) is 7.69. The first-order valence-corrected chi connectivity index (χ1v) is 10.7. The molecule has 5 rings (SSSR count). The number of fused-ring (bicyclic) bond motifs is 1. The lowest BCUT2D eigenvalue weighted by Crippen LogP contribution is -2.31. The predicted octanol–water partition coefficient (Wildman–Crippen LogP) is 3.18. The summed E-state index contributed by atoms with van der Waals surface area (Å²) in [5, 5.41) is 12.2. The van der Waals surface area contributed by atoms with Gasteiger partial charge in [0.05, 0.1) is 29.5 Å². The highest BCUT2D eigenvalue weighted by Crippen LogP contribution is 2.28. The summed E-state index contributed by atoms with van der Waals surface area (Å²) in [4.78, 5) is 9.62. The van der Waals surface area contributed by atoms with Gasteiger partial charge in [0.1, 0.15) is 5.00 Å². The second-order valence-corrected chi connectivity index (χ2v) is 8.50. The molecular weight excluding hydrogens is 384 g/mol. The average Bonchev–Trinajstić information content (AvgIpc) is 3.43. The number of nitrogens with zero attached hydrogens (tertiary/aromatic N) is 6. The van der Waals surface area contributed by atoms with E-state index in [9.17, 15) is 0 Å². The summed E-state index contributed by atoms with van der Waals surface area (Å²) in [5.74, 6) is 1.38. The molecule has 1 fully saturated rings. The van der Waals surface area contributed by atoms with Gasteiger partial charge in [0, 0.05) is 25.0 Å². The van der Waals surface area contributed by atoms with Gasteiger partial charge in [-0.2, -0.15) is 9.47 Å². The van der Waals surface area contributed by atoms with Crippen LogP contribution in [0.4, 0.5) is 10.8 Å². The number of rotatable bonds is 5. The highest BCUT2D eigenvalue weighted by atomic mass is 32.1. The summed E-state index contributed by atoms with van der Waals surface area (Å²) in [5.41, 5.74) is 4.92. The Morgan fingerprint density at radius 2 is 2.24 bits per heavy atom. The van der Waals surface area contributed by atoms with E-state index in [1.807, 2.05) is 43.3 Å². The summed E-state index contributed by atoms with van der Waals surface area (Å²) in [6.07, 6.45) is 11.3. The molecule has 0 saturated carbocycles. The third-order valence-corrected chi connectivity index (χ3v) is 6.11. The molecule has 0 amide bonds. The largest absolute Gasteiger partial charge is 0.328 e. The van der Waals surface area contributed by atoms with Crippen molar-refractivity contribution in [2.75, 3.05) is 18.4 Å². The van der Waals surface area contributed by atoms with Crippen LogP contribution in [-0.2, 0) is 13.5 Å². The Balaban J connectivity index is 1.57. The fourth-order valence-corrected chi connectivity index (χ4v) is 4.58. The summed E-state index contributed by atoms with van der Waals surface area (Å²) >= 11 is 1.44. The van der Waals surface area contributed by atoms with Crippen molar-refractivity contribution >= 4 is 28.0 Å². The molecule has 0 aromatic carbocycles. The number of hydrogen-bond donors (Lipinski definition) is 2. The third-order valence-electron chi connectivity index (χ3n) is 5.31. The standard InChI is InChI=1S/C20H24N8S/c1-13-6-18(29-26-13)25-19-20-22-10-17(15-9-23-27(2)11-15)28(20)12-16(24-19)7-14-4-3-5-21-8-14/h6,9-12,14,21H,3-5,7-8H2,1-2H3,(H,24,25). The highest BCUT2D eigenvalue weighted by Gasteiger charge is 2.18. The summed E-state index contributed by atoms with van der Waals surface area (Å²) in [6.45, 7) is 4.16. The lowest BCUT2D eigenvalue weighted by atomic mass is 9.95. The van der Waals surface area contributed by atoms with E-state index in [0.717, 1.165) is 58.6 Å². The van der Waals surface area contributed by atoms with Crippen LogP contribution in [0.3, 0.4) is 0 Å². The fraction of sp³-hybridized carbons (Fsp3) is 0.400. The number of nitrogens with one attached hydrogen (secondary N) is 2. The van der Waals surface area contributed by atoms with Crippen LogP contribution in [0.2, 0.25) is 0 Å². The highest BCUT2D eigenvalue weighted by molar-refractivity contribution is 7.10. The first kappa shape index (κ1) is 18.3. The van der Waals surface area contributed by atoms with Gasteiger partial charge in [-0.05, 0) is 62.8 Å². The van der Waals surface area contributed by atoms with Gasteiger partial charge in [-0.25, -0.2) is 9.97 Å². The van der Waals surface area contributed by atoms with E-state index in [-0.39, 0.29) is 0 Å². The van der Waals surface area contributed by atoms with Gasteiger partial charge >= 0.3 is 0 Å². The maximum atomic E-state index is 4.95. The van der Waals surface area contributed by atoms with Crippen LogP contribution in [0.1, 0.15) is 24.2 Å². The van der Waals surface area contributed by atoms with Crippen molar-refractivity contribution in [3.63, 3.8) is 0 Å². The van der Waals surface area contributed by atoms with Crippen LogP contribution < -0.4 is 10.6 Å². The Morgan fingerprint density at radius 3 is 2.97 bits per heavy atom. The molecule has 0 radical (unpaired) electrons. The Hall–Kier alpha value is -2.78. The molecule has 4 aromatic heterocycles. The van der Waals surface area contributed by atoms with Crippen molar-refractivity contribution < 1.29 is 0 Å². The van der Waals surface area contributed by atoms with Crippen LogP contribution >= 0.6 is 11.5 Å². The topological polar surface area (TPSA) is 85.0 Å². The second kappa shape index (κ2) is 7.57. The minimum absolute atomic E-state index is 0.609. The molecule has 1 aliphatic heterocycles. The predicted molar refractivity (Wildman–Crippen MR) is 115 cm³/mol. The van der Waals surface area contributed by atoms with Crippen molar-refractivity contribution in [3.05, 3.63) is 42.2 Å². The van der Waals surface area contributed by atoms with Gasteiger partial charge in [0.25, 0.3) is 0 Å². The van der Waals surface area contributed by atoms with Crippen molar-refractivity contribution in [2.24, 2.45) is 13.0 Å². The van der Waals surface area contributed by atoms with Gasteiger partial charge in [0.15, 0.2) is 11.5 Å². The van der Waals surface area contributed by atoms with Gasteiger partial charge in [-0.15, -0.1) is 0 Å². The van der Waals surface area contributed by atoms with Crippen molar-refractivity contribution in [2.45, 2.75) is 26.2 Å². The number of imidazole rings is 1. The lowest BCUT2D eigenvalue weighted by molar-refractivity contribution is 0.373. The number of piperidine rings is 1. The quantitative estimate of drug-likeness (QED) is 0.528. The molecule has 4 aromatic rings. The molecule has 0 spiro atoms. The lowest BCUT2D eigenvalue weighted by Gasteiger charge is -2.22. The summed E-state index contributed by atoms with van der Waals surface area (Å²) < 4.78 is 8.31. The Morgan fingerprint density at radius 1 is 1.31 bits per heavy atom. The van der Waals surface area contributed by atoms with E-state index >= 15 is 0 Å². The van der Waals surface area contributed by atoms with Crippen LogP contribution in [0.15, 0.2) is 30.9 Å². The Labute approximate surface area is 173 Å². The van der Waals surface area contributed by atoms with Gasteiger partial charge in [0.2, 0.25) is 0 Å². The molecule has 150 valence electrons. The molecule has 0 bridgehead atoms. The van der Waals surface area contributed by atoms with Crippen molar-refractivity contribution in [1.82, 2.24) is 33.8 Å². The molecule has 1 aliphatic rings. The number of anilines is 2. The number of aryl methyl sites for hydroxylation is 2. The minimum Gasteiger partial charge on any atom is -0.328 e. The fourth-order valence-electron chi connectivity index (χ4n) is 3.92. The number of aromatic nitrogens is 6. The normalized spacial score (nSPS) is 17.1. The molecular formula is C20H24N8S. The molecule has 1 saturated heterocycles. The van der Waals surface area contributed by atoms with Gasteiger partial charge < -0.3 is 10.6 Å². The molecule has 9 heteroatoms. The summed E-state index contributed by atoms with van der Waals surface area (Å²) in [7, 11) is 1.93. The van der Waals surface area contributed by atoms with Gasteiger partial charge in [-0.1, -0.05) is 0 Å². The minimum atomic E-state index is 0.609. The molecule has 1 atom stereocenters. The average molecular weight is 409 g/mol. The zero-order valence-corrected chi connectivity index (χ0v) is 17.4. The third kappa shape index (κ3) is 3.75. The van der Waals surface area contributed by atoms with Crippen molar-refractivity contribution in [3.8, 4) is 11.3 Å². The Kier molecular flexibility index (Phi) is 4.76. The monoisotopic (exact) mass is 408 g/mol. The maximum Gasteiger partial charge on any atom is 0.180 e. The van der Waals surface area contributed by atoms with E-state index in [1.54, 1.807) is 0 Å². The van der Waals surface area contributed by atoms with E-state index < -0.39 is 0 Å². The first-order valence-electron chi connectivity index (χ1n) is 9.93. The Bertz CT molecular complexity index is 1130. The molecule has 5 heterocycles. The van der Waals surface area contributed by atoms with Gasteiger partial charge in [-0.3, -0.25) is 9.08 Å². The van der Waals surface area contributed by atoms with Crippen LogP contribution in [0.5, 0.6) is 0 Å². The molecule has 2 N–H and O–H groups in total. The first-order chi connectivity index (χ1) is 14.2. The maximum absolute atomic E-state index is 4.95. The zero-order valence-electron chi connectivity index (χ0n) is 16.6. The molecule has 8 nitrogen and oxygen atoms in total. The molecule has 0 aliphatic carbocycles. The van der Waals surface area contributed by atoms with E-state index in [0.29, 0.717) is 5.92 Å². The van der Waals surface area contributed by atoms with E-state index in [4.69, 9.17) is 4.98 Å². The SMILES string of the molecule is Cc1cc(Nc2nc(CC3CCCNC3)cn3c(-c4cnn(C)c4)cnc23)sn1. The molecule has 29 heavy (non-hydrogen) atoms. The molecule has 1 unspecified atom stereocenters. The van der Waals surface area contributed by atoms with E-state index in [1.165, 1.54) is 24.4 Å². The number of hydrogen-bond acceptors (Lipinski definition) is 7. The van der Waals surface area contributed by atoms with Crippen LogP contribution in [0, 0.1) is 12.8 Å². The smallest absolute Gasteiger partial charge is 0.180 e. The van der Waals surface area contributed by atoms with Crippen LogP contribution in [-0.4, -0.2) is 41.6 Å². The van der Waals surface area contributed by atoms with E-state index in [2.05, 4.69) is 35.7 Å². The zero-order chi connectivity index (χ0) is 19.8. The van der Waals surface area contributed by atoms with Crippen LogP contribution in [0.25, 0.3) is 16.9 Å².